The van der Waals surface area contributed by atoms with Crippen molar-refractivity contribution in [1.82, 2.24) is 4.90 Å². The van der Waals surface area contributed by atoms with Gasteiger partial charge in [-0.3, -0.25) is 24.1 Å². The smallest absolute Gasteiger partial charge is 0.308 e. The van der Waals surface area contributed by atoms with E-state index in [0.717, 1.165) is 16.3 Å². The second-order valence-electron chi connectivity index (χ2n) is 6.88. The number of anilines is 1. The number of allylic oxidation sites excluding steroid dienone is 2. The van der Waals surface area contributed by atoms with Gasteiger partial charge in [-0.05, 0) is 25.0 Å². The second-order valence-corrected chi connectivity index (χ2v) is 7.41. The van der Waals surface area contributed by atoms with E-state index in [2.05, 4.69) is 14.0 Å². The summed E-state index contributed by atoms with van der Waals surface area (Å²) >= 11 is 1.04. The predicted molar refractivity (Wildman–Crippen MR) is 104 cm³/mol. The summed E-state index contributed by atoms with van der Waals surface area (Å²) in [5, 5.41) is 2.63. The van der Waals surface area contributed by atoms with E-state index in [-0.39, 0.29) is 36.6 Å². The monoisotopic (exact) mass is 414 g/mol. The van der Waals surface area contributed by atoms with E-state index in [1.54, 1.807) is 18.2 Å². The molecule has 2 aliphatic heterocycles. The Morgan fingerprint density at radius 1 is 1.14 bits per heavy atom. The lowest BCUT2D eigenvalue weighted by molar-refractivity contribution is -0.148. The summed E-state index contributed by atoms with van der Waals surface area (Å²) in [5.74, 6) is -2.28. The molecule has 1 aliphatic carbocycles. The Balaban J connectivity index is 1.24. The zero-order chi connectivity index (χ0) is 20.4. The van der Waals surface area contributed by atoms with Crippen LogP contribution in [0.1, 0.15) is 19.3 Å². The van der Waals surface area contributed by atoms with Crippen LogP contribution in [-0.2, 0) is 35.3 Å². The average Bonchev–Trinajstić information content (AvgIpc) is 3.30. The summed E-state index contributed by atoms with van der Waals surface area (Å²) in [6.07, 6.45) is 4.77. The Kier molecular flexibility index (Phi) is 5.34. The third-order valence-corrected chi connectivity index (χ3v) is 5.61. The van der Waals surface area contributed by atoms with Gasteiger partial charge in [0.2, 0.25) is 11.8 Å². The molecule has 1 saturated heterocycles. The molecule has 3 aliphatic rings. The van der Waals surface area contributed by atoms with Gasteiger partial charge >= 0.3 is 5.97 Å². The van der Waals surface area contributed by atoms with Crippen LogP contribution in [0.5, 0.6) is 0 Å². The molecule has 0 bridgehead atoms. The Morgan fingerprint density at radius 3 is 2.59 bits per heavy atom. The number of esters is 1. The highest BCUT2D eigenvalue weighted by molar-refractivity contribution is 7.58. The first-order chi connectivity index (χ1) is 14.0. The van der Waals surface area contributed by atoms with E-state index >= 15 is 0 Å². The van der Waals surface area contributed by atoms with Crippen LogP contribution in [0.25, 0.3) is 0 Å². The Hall–Kier alpha value is -3.14. The van der Waals surface area contributed by atoms with E-state index in [9.17, 15) is 19.2 Å². The summed E-state index contributed by atoms with van der Waals surface area (Å²) < 4.78 is 13.2. The molecule has 1 aromatic rings. The molecule has 9 nitrogen and oxygen atoms in total. The van der Waals surface area contributed by atoms with E-state index in [1.165, 1.54) is 0 Å². The highest BCUT2D eigenvalue weighted by Gasteiger charge is 2.46. The van der Waals surface area contributed by atoms with Gasteiger partial charge in [0.15, 0.2) is 6.61 Å². The average molecular weight is 414 g/mol. The topological polar surface area (TPSA) is 118 Å². The highest BCUT2D eigenvalue weighted by atomic mass is 32.1. The Bertz CT molecular complexity index is 972. The first-order valence-electron chi connectivity index (χ1n) is 9.21. The molecule has 0 radical (unpaired) electrons. The zero-order valence-corrected chi connectivity index (χ0v) is 16.2. The van der Waals surface area contributed by atoms with Gasteiger partial charge in [0.25, 0.3) is 5.91 Å². The van der Waals surface area contributed by atoms with Crippen molar-refractivity contribution in [3.05, 3.63) is 30.4 Å². The molecule has 4 rings (SSSR count). The van der Waals surface area contributed by atoms with Crippen molar-refractivity contribution in [3.8, 4) is 0 Å². The molecular formula is C19H18N4O5S. The van der Waals surface area contributed by atoms with Crippen molar-refractivity contribution in [2.75, 3.05) is 18.5 Å². The van der Waals surface area contributed by atoms with Crippen LogP contribution in [0.15, 0.2) is 39.1 Å². The van der Waals surface area contributed by atoms with Crippen LogP contribution >= 0.6 is 0 Å². The molecular weight excluding hydrogens is 396 g/mol. The number of hydrogen-bond donors (Lipinski definition) is 1. The summed E-state index contributed by atoms with van der Waals surface area (Å²) in [6, 6.07) is 5.20. The highest BCUT2D eigenvalue weighted by Crippen LogP contribution is 2.38. The largest absolute Gasteiger partial charge is 0.456 e. The third-order valence-electron chi connectivity index (χ3n) is 5.06. The Labute approximate surface area is 170 Å². The number of nitrogens with zero attached hydrogens (tertiary/aromatic N) is 3. The molecule has 150 valence electrons. The number of ether oxygens (including phenoxy) is 1. The summed E-state index contributed by atoms with van der Waals surface area (Å²) in [7, 11) is 0. The quantitative estimate of drug-likeness (QED) is 0.442. The number of amides is 3. The fourth-order valence-corrected chi connectivity index (χ4v) is 4.15. The van der Waals surface area contributed by atoms with Crippen molar-refractivity contribution in [2.24, 2.45) is 20.6 Å². The normalized spacial score (nSPS) is 21.6. The predicted octanol–water partition coefficient (Wildman–Crippen LogP) is 2.24. The standard InChI is InChI=1S/C19H18N4O5S/c24-15(20-13-6-3-7-14-17(13)22-29-21-14)10-28-16(25)8-9-23-18(26)11-4-1-2-5-12(11)19(23)27/h1-3,6-7,11-12H,4-5,8-10H2,(H,20,24)/t11-,12+. The molecule has 0 spiro atoms. The van der Waals surface area contributed by atoms with Gasteiger partial charge in [-0.1, -0.05) is 18.2 Å². The minimum atomic E-state index is -0.651. The van der Waals surface area contributed by atoms with Gasteiger partial charge < -0.3 is 10.1 Å². The van der Waals surface area contributed by atoms with Crippen LogP contribution in [0.4, 0.5) is 17.1 Å². The van der Waals surface area contributed by atoms with Crippen LogP contribution in [-0.4, -0.2) is 41.7 Å². The van der Waals surface area contributed by atoms with Crippen molar-refractivity contribution in [1.29, 1.82) is 0 Å². The SMILES string of the molecule is O=C(COC(=O)CCN1C(=O)[C@H]2CC=CC[C@H]2C1=O)Nc1cccc2c1N=S=N2. The number of benzene rings is 1. The maximum Gasteiger partial charge on any atom is 0.308 e. The maximum absolute atomic E-state index is 12.4. The lowest BCUT2D eigenvalue weighted by atomic mass is 9.85. The van der Waals surface area contributed by atoms with Gasteiger partial charge in [0.05, 0.1) is 35.3 Å². The lowest BCUT2D eigenvalue weighted by Gasteiger charge is -2.14. The van der Waals surface area contributed by atoms with E-state index < -0.39 is 18.5 Å². The number of rotatable bonds is 6. The van der Waals surface area contributed by atoms with Gasteiger partial charge in [0.1, 0.15) is 11.4 Å². The van der Waals surface area contributed by atoms with Gasteiger partial charge in [0, 0.05) is 6.54 Å². The summed E-state index contributed by atoms with van der Waals surface area (Å²) in [5.41, 5.74) is 1.72. The number of likely N-dealkylation sites (tertiary alicyclic amines) is 1. The molecule has 2 heterocycles. The molecule has 0 unspecified atom stereocenters. The van der Waals surface area contributed by atoms with Crippen LogP contribution < -0.4 is 5.32 Å². The molecule has 0 aromatic heterocycles. The van der Waals surface area contributed by atoms with E-state index in [1.807, 2.05) is 12.2 Å². The molecule has 3 amide bonds. The third kappa shape index (κ3) is 3.88. The fourth-order valence-electron chi connectivity index (χ4n) is 3.60. The molecule has 29 heavy (non-hydrogen) atoms. The Morgan fingerprint density at radius 2 is 1.86 bits per heavy atom. The maximum atomic E-state index is 12.4. The number of carbonyl (C=O) groups excluding carboxylic acids is 4. The number of nitrogens with one attached hydrogen (secondary N) is 1. The molecule has 2 atom stereocenters. The van der Waals surface area contributed by atoms with Crippen LogP contribution in [0.3, 0.4) is 0 Å². The number of carbonyl (C=O) groups is 4. The molecule has 10 heteroatoms. The molecule has 0 saturated carbocycles. The van der Waals surface area contributed by atoms with E-state index in [0.29, 0.717) is 29.9 Å². The van der Waals surface area contributed by atoms with Crippen molar-refractivity contribution >= 4 is 52.1 Å². The number of fused-ring (bicyclic) bond motifs is 2. The minimum absolute atomic E-state index is 0.0328. The second kappa shape index (κ2) is 8.08. The molecule has 1 N–H and O–H groups in total. The summed E-state index contributed by atoms with van der Waals surface area (Å²) in [4.78, 5) is 49.9. The number of imide groups is 1. The van der Waals surface area contributed by atoms with Crippen molar-refractivity contribution in [2.45, 2.75) is 19.3 Å². The van der Waals surface area contributed by atoms with Crippen molar-refractivity contribution < 1.29 is 23.9 Å². The van der Waals surface area contributed by atoms with E-state index in [4.69, 9.17) is 4.74 Å². The summed E-state index contributed by atoms with van der Waals surface area (Å²) in [6.45, 7) is -0.501. The number of hydrogen-bond acceptors (Lipinski definition) is 7. The van der Waals surface area contributed by atoms with Gasteiger partial charge in [-0.25, -0.2) is 0 Å². The zero-order valence-electron chi connectivity index (χ0n) is 15.4. The van der Waals surface area contributed by atoms with Crippen LogP contribution in [0, 0.1) is 11.8 Å². The molecule has 1 aromatic carbocycles. The fraction of sp³-hybridized carbons (Fsp3) is 0.368. The minimum Gasteiger partial charge on any atom is -0.456 e. The first kappa shape index (κ1) is 19.2. The van der Waals surface area contributed by atoms with Gasteiger partial charge in [-0.15, -0.1) is 0 Å². The lowest BCUT2D eigenvalue weighted by Crippen LogP contribution is -2.33. The van der Waals surface area contributed by atoms with Crippen molar-refractivity contribution in [3.63, 3.8) is 0 Å². The first-order valence-corrected chi connectivity index (χ1v) is 9.94. The molecule has 1 fully saturated rings. The van der Waals surface area contributed by atoms with Crippen LogP contribution in [0.2, 0.25) is 0 Å². The van der Waals surface area contributed by atoms with Gasteiger partial charge in [-0.2, -0.15) is 8.73 Å².